The van der Waals surface area contributed by atoms with E-state index in [1.54, 1.807) is 0 Å². The lowest BCUT2D eigenvalue weighted by atomic mass is 10.2. The molecule has 1 fully saturated rings. The zero-order valence-electron chi connectivity index (χ0n) is 15.1. The van der Waals surface area contributed by atoms with Gasteiger partial charge in [-0.05, 0) is 57.5 Å². The van der Waals surface area contributed by atoms with Crippen LogP contribution in [-0.4, -0.2) is 65.5 Å². The monoisotopic (exact) mass is 387 g/mol. The van der Waals surface area contributed by atoms with Gasteiger partial charge in [-0.1, -0.05) is 11.6 Å². The highest BCUT2D eigenvalue weighted by molar-refractivity contribution is 6.30. The number of ether oxygens (including phenoxy) is 2. The van der Waals surface area contributed by atoms with Gasteiger partial charge in [-0.2, -0.15) is 0 Å². The first-order chi connectivity index (χ1) is 12.3. The van der Waals surface area contributed by atoms with Crippen molar-refractivity contribution in [1.29, 1.82) is 0 Å². The maximum atomic E-state index is 9.10. The molecule has 0 spiro atoms. The summed E-state index contributed by atoms with van der Waals surface area (Å²) in [4.78, 5) is 20.7. The summed E-state index contributed by atoms with van der Waals surface area (Å²) in [6, 6.07) is 7.53. The van der Waals surface area contributed by atoms with Gasteiger partial charge in [0.2, 0.25) is 0 Å². The minimum atomic E-state index is -1.82. The SMILES string of the molecule is CC1CN(CCCCOc2ccc(Cl)cc2)CC(C)O1.O=C(O)C(=O)O. The number of hydrogen-bond acceptors (Lipinski definition) is 5. The normalized spacial score (nSPS) is 20.0. The van der Waals surface area contributed by atoms with Crippen molar-refractivity contribution in [2.75, 3.05) is 26.2 Å². The van der Waals surface area contributed by atoms with Crippen molar-refractivity contribution in [3.63, 3.8) is 0 Å². The molecule has 146 valence electrons. The van der Waals surface area contributed by atoms with E-state index in [1.165, 1.54) is 0 Å². The number of carbonyl (C=O) groups is 2. The van der Waals surface area contributed by atoms with Crippen LogP contribution in [0.1, 0.15) is 26.7 Å². The number of halogens is 1. The van der Waals surface area contributed by atoms with Gasteiger partial charge < -0.3 is 19.7 Å². The third-order valence-corrected chi connectivity index (χ3v) is 3.88. The molecule has 0 bridgehead atoms. The van der Waals surface area contributed by atoms with Gasteiger partial charge in [0, 0.05) is 18.1 Å². The molecule has 0 amide bonds. The van der Waals surface area contributed by atoms with Gasteiger partial charge in [-0.25, -0.2) is 9.59 Å². The summed E-state index contributed by atoms with van der Waals surface area (Å²) in [5.41, 5.74) is 0. The fourth-order valence-corrected chi connectivity index (χ4v) is 2.75. The van der Waals surface area contributed by atoms with E-state index in [0.29, 0.717) is 12.2 Å². The highest BCUT2D eigenvalue weighted by atomic mass is 35.5. The molecule has 0 radical (unpaired) electrons. The Morgan fingerprint density at radius 2 is 1.65 bits per heavy atom. The van der Waals surface area contributed by atoms with Gasteiger partial charge >= 0.3 is 11.9 Å². The molecule has 7 nitrogen and oxygen atoms in total. The predicted molar refractivity (Wildman–Crippen MR) is 97.9 cm³/mol. The largest absolute Gasteiger partial charge is 0.494 e. The molecule has 2 unspecified atom stereocenters. The van der Waals surface area contributed by atoms with E-state index in [4.69, 9.17) is 40.9 Å². The van der Waals surface area contributed by atoms with Gasteiger partial charge in [-0.3, -0.25) is 4.90 Å². The van der Waals surface area contributed by atoms with Crippen LogP contribution in [0.3, 0.4) is 0 Å². The minimum absolute atomic E-state index is 0.351. The predicted octanol–water partition coefficient (Wildman–Crippen LogP) is 2.76. The summed E-state index contributed by atoms with van der Waals surface area (Å²) in [6.45, 7) is 8.27. The van der Waals surface area contributed by atoms with Crippen LogP contribution < -0.4 is 4.74 Å². The molecule has 1 aromatic carbocycles. The third-order valence-electron chi connectivity index (χ3n) is 3.63. The van der Waals surface area contributed by atoms with Crippen LogP contribution in [0.2, 0.25) is 5.02 Å². The molecule has 2 N–H and O–H groups in total. The van der Waals surface area contributed by atoms with Crippen LogP contribution in [0.15, 0.2) is 24.3 Å². The van der Waals surface area contributed by atoms with E-state index in [0.717, 1.165) is 49.9 Å². The average molecular weight is 388 g/mol. The van der Waals surface area contributed by atoms with Crippen molar-refractivity contribution in [3.05, 3.63) is 29.3 Å². The molecule has 1 saturated heterocycles. The molecule has 1 heterocycles. The topological polar surface area (TPSA) is 96.3 Å². The van der Waals surface area contributed by atoms with Crippen molar-refractivity contribution in [2.24, 2.45) is 0 Å². The molecule has 26 heavy (non-hydrogen) atoms. The molecule has 0 aromatic heterocycles. The zero-order valence-corrected chi connectivity index (χ0v) is 15.8. The standard InChI is InChI=1S/C16H24ClNO2.C2H2O4/c1-13-11-18(12-14(2)20-13)9-3-4-10-19-16-7-5-15(17)6-8-16;3-1(4)2(5)6/h5-8,13-14H,3-4,9-12H2,1-2H3;(H,3,4)(H,5,6). The number of benzene rings is 1. The molecule has 1 aliphatic rings. The lowest BCUT2D eigenvalue weighted by Gasteiger charge is -2.35. The van der Waals surface area contributed by atoms with E-state index >= 15 is 0 Å². The van der Waals surface area contributed by atoms with Crippen molar-refractivity contribution < 1.29 is 29.3 Å². The minimum Gasteiger partial charge on any atom is -0.494 e. The summed E-state index contributed by atoms with van der Waals surface area (Å²) in [5.74, 6) is -2.76. The third kappa shape index (κ3) is 9.60. The Morgan fingerprint density at radius 3 is 2.15 bits per heavy atom. The van der Waals surface area contributed by atoms with Gasteiger partial charge in [-0.15, -0.1) is 0 Å². The van der Waals surface area contributed by atoms with Crippen LogP contribution in [0.4, 0.5) is 0 Å². The van der Waals surface area contributed by atoms with E-state index in [2.05, 4.69) is 18.7 Å². The number of rotatable bonds is 6. The Morgan fingerprint density at radius 1 is 1.12 bits per heavy atom. The average Bonchev–Trinajstić information content (AvgIpc) is 2.56. The molecule has 0 saturated carbocycles. The fourth-order valence-electron chi connectivity index (χ4n) is 2.63. The maximum Gasteiger partial charge on any atom is 0.414 e. The molecular weight excluding hydrogens is 362 g/mol. The van der Waals surface area contributed by atoms with Gasteiger partial charge in [0.25, 0.3) is 0 Å². The Kier molecular flexibility index (Phi) is 10.0. The number of hydrogen-bond donors (Lipinski definition) is 2. The smallest absolute Gasteiger partial charge is 0.414 e. The van der Waals surface area contributed by atoms with Gasteiger partial charge in [0.1, 0.15) is 5.75 Å². The van der Waals surface area contributed by atoms with Crippen molar-refractivity contribution >= 4 is 23.5 Å². The molecule has 8 heteroatoms. The van der Waals surface area contributed by atoms with Crippen LogP contribution in [0.25, 0.3) is 0 Å². The van der Waals surface area contributed by atoms with Crippen molar-refractivity contribution in [3.8, 4) is 5.75 Å². The van der Waals surface area contributed by atoms with Crippen molar-refractivity contribution in [1.82, 2.24) is 4.90 Å². The summed E-state index contributed by atoms with van der Waals surface area (Å²) in [7, 11) is 0. The van der Waals surface area contributed by atoms with Crippen LogP contribution in [0.5, 0.6) is 5.75 Å². The number of aliphatic carboxylic acids is 2. The Balaban J connectivity index is 0.000000487. The highest BCUT2D eigenvalue weighted by Gasteiger charge is 2.21. The van der Waals surface area contributed by atoms with E-state index in [1.807, 2.05) is 24.3 Å². The zero-order chi connectivity index (χ0) is 19.5. The number of morpholine rings is 1. The van der Waals surface area contributed by atoms with E-state index < -0.39 is 11.9 Å². The van der Waals surface area contributed by atoms with E-state index in [-0.39, 0.29) is 0 Å². The summed E-state index contributed by atoms with van der Waals surface area (Å²) in [5, 5.41) is 15.5. The quantitative estimate of drug-likeness (QED) is 0.572. The Hall–Kier alpha value is -1.83. The molecule has 1 aliphatic heterocycles. The number of nitrogens with zero attached hydrogens (tertiary/aromatic N) is 1. The highest BCUT2D eigenvalue weighted by Crippen LogP contribution is 2.16. The van der Waals surface area contributed by atoms with Crippen LogP contribution >= 0.6 is 11.6 Å². The summed E-state index contributed by atoms with van der Waals surface area (Å²) in [6.07, 6.45) is 2.93. The number of carboxylic acid groups (broad SMARTS) is 2. The number of unbranched alkanes of at least 4 members (excludes halogenated alkanes) is 1. The van der Waals surface area contributed by atoms with Crippen LogP contribution in [0, 0.1) is 0 Å². The summed E-state index contributed by atoms with van der Waals surface area (Å²) < 4.78 is 11.4. The molecule has 1 aromatic rings. The molecular formula is C18H26ClNO6. The second kappa shape index (κ2) is 11.7. The number of carboxylic acids is 2. The first-order valence-corrected chi connectivity index (χ1v) is 8.88. The fraction of sp³-hybridized carbons (Fsp3) is 0.556. The van der Waals surface area contributed by atoms with Gasteiger partial charge in [0.05, 0.1) is 18.8 Å². The first-order valence-electron chi connectivity index (χ1n) is 8.50. The molecule has 2 rings (SSSR count). The second-order valence-electron chi connectivity index (χ2n) is 6.14. The molecule has 0 aliphatic carbocycles. The first kappa shape index (κ1) is 22.2. The van der Waals surface area contributed by atoms with Gasteiger partial charge in [0.15, 0.2) is 0 Å². The van der Waals surface area contributed by atoms with E-state index in [9.17, 15) is 0 Å². The Bertz CT molecular complexity index is 543. The lowest BCUT2D eigenvalue weighted by Crippen LogP contribution is -2.45. The van der Waals surface area contributed by atoms with Crippen LogP contribution in [-0.2, 0) is 14.3 Å². The van der Waals surface area contributed by atoms with Crippen molar-refractivity contribution in [2.45, 2.75) is 38.9 Å². The lowest BCUT2D eigenvalue weighted by molar-refractivity contribution is -0.159. The Labute approximate surface area is 158 Å². The summed E-state index contributed by atoms with van der Waals surface area (Å²) >= 11 is 5.83. The second-order valence-corrected chi connectivity index (χ2v) is 6.57. The maximum absolute atomic E-state index is 9.10. The molecule has 2 atom stereocenters.